The smallest absolute Gasteiger partial charge is 0.129 e. The van der Waals surface area contributed by atoms with Gasteiger partial charge in [0.15, 0.2) is 0 Å². The predicted octanol–water partition coefficient (Wildman–Crippen LogP) is 3.00. The minimum absolute atomic E-state index is 0.150. The van der Waals surface area contributed by atoms with E-state index in [0.717, 1.165) is 18.4 Å². The van der Waals surface area contributed by atoms with E-state index in [9.17, 15) is 4.39 Å². The van der Waals surface area contributed by atoms with Crippen molar-refractivity contribution in [3.63, 3.8) is 0 Å². The monoisotopic (exact) mass is 189 g/mol. The lowest BCUT2D eigenvalue weighted by Crippen LogP contribution is -2.04. The average molecular weight is 189 g/mol. The summed E-state index contributed by atoms with van der Waals surface area (Å²) in [7, 11) is 0. The molecule has 0 atom stereocenters. The van der Waals surface area contributed by atoms with Crippen LogP contribution in [-0.4, -0.2) is 0 Å². The molecule has 0 N–H and O–H groups in total. The van der Waals surface area contributed by atoms with Crippen LogP contribution in [0.25, 0.3) is 0 Å². The third kappa shape index (κ3) is 1.21. The Morgan fingerprint density at radius 3 is 2.14 bits per heavy atom. The summed E-state index contributed by atoms with van der Waals surface area (Å²) in [6.07, 6.45) is 1.82. The van der Waals surface area contributed by atoms with Gasteiger partial charge in [-0.3, -0.25) is 0 Å². The Morgan fingerprint density at radius 2 is 1.79 bits per heavy atom. The lowest BCUT2D eigenvalue weighted by molar-refractivity contribution is 0.607. The lowest BCUT2D eigenvalue weighted by Gasteiger charge is -2.09. The molecule has 1 aliphatic carbocycles. The second-order valence-electron chi connectivity index (χ2n) is 4.12. The second kappa shape index (κ2) is 2.81. The van der Waals surface area contributed by atoms with Gasteiger partial charge in [0.25, 0.3) is 0 Å². The Labute approximate surface area is 83.2 Å². The largest absolute Gasteiger partial charge is 0.206 e. The highest BCUT2D eigenvalue weighted by Crippen LogP contribution is 2.48. The van der Waals surface area contributed by atoms with Crippen molar-refractivity contribution in [1.29, 1.82) is 5.26 Å². The first-order valence-corrected chi connectivity index (χ1v) is 4.77. The molecule has 1 fully saturated rings. The molecule has 1 saturated carbocycles. The summed E-state index contributed by atoms with van der Waals surface area (Å²) in [6.45, 7) is 3.50. The number of aryl methyl sites for hydroxylation is 2. The first-order valence-electron chi connectivity index (χ1n) is 4.77. The zero-order valence-electron chi connectivity index (χ0n) is 8.39. The molecule has 72 valence electrons. The van der Waals surface area contributed by atoms with Crippen molar-refractivity contribution >= 4 is 0 Å². The molecule has 0 saturated heterocycles. The van der Waals surface area contributed by atoms with Gasteiger partial charge in [0.05, 0.1) is 11.5 Å². The Balaban J connectivity index is 2.53. The molecule has 0 radical (unpaired) electrons. The van der Waals surface area contributed by atoms with Gasteiger partial charge in [-0.1, -0.05) is 12.1 Å². The molecule has 0 aliphatic heterocycles. The predicted molar refractivity (Wildman–Crippen MR) is 52.4 cm³/mol. The molecule has 0 aromatic heterocycles. The molecule has 1 aliphatic rings. The van der Waals surface area contributed by atoms with E-state index < -0.39 is 0 Å². The quantitative estimate of drug-likeness (QED) is 0.666. The van der Waals surface area contributed by atoms with E-state index in [0.29, 0.717) is 11.1 Å². The summed E-state index contributed by atoms with van der Waals surface area (Å²) < 4.78 is 13.3. The van der Waals surface area contributed by atoms with Crippen molar-refractivity contribution in [1.82, 2.24) is 0 Å². The van der Waals surface area contributed by atoms with E-state index in [4.69, 9.17) is 5.26 Å². The summed E-state index contributed by atoms with van der Waals surface area (Å²) in [5, 5.41) is 9.02. The number of hydrogen-bond acceptors (Lipinski definition) is 1. The van der Waals surface area contributed by atoms with Crippen LogP contribution in [0, 0.1) is 31.0 Å². The van der Waals surface area contributed by atoms with Crippen molar-refractivity contribution < 1.29 is 4.39 Å². The molecule has 0 heterocycles. The first-order chi connectivity index (χ1) is 6.59. The maximum Gasteiger partial charge on any atom is 0.129 e. The molecular formula is C12H12FN. The summed E-state index contributed by atoms with van der Waals surface area (Å²) >= 11 is 0. The molecule has 0 unspecified atom stereocenters. The van der Waals surface area contributed by atoms with Crippen LogP contribution in [-0.2, 0) is 5.41 Å². The van der Waals surface area contributed by atoms with Gasteiger partial charge in [0.1, 0.15) is 5.82 Å². The molecule has 0 bridgehead atoms. The van der Waals surface area contributed by atoms with Gasteiger partial charge in [-0.25, -0.2) is 4.39 Å². The molecule has 1 nitrogen and oxygen atoms in total. The Morgan fingerprint density at radius 1 is 1.29 bits per heavy atom. The van der Waals surface area contributed by atoms with E-state index in [1.165, 1.54) is 0 Å². The van der Waals surface area contributed by atoms with Crippen molar-refractivity contribution in [3.8, 4) is 6.07 Å². The number of benzene rings is 1. The minimum atomic E-state index is -0.302. The van der Waals surface area contributed by atoms with Gasteiger partial charge < -0.3 is 0 Å². The number of nitriles is 1. The summed E-state index contributed by atoms with van der Waals surface area (Å²) in [6, 6.07) is 5.93. The molecule has 14 heavy (non-hydrogen) atoms. The van der Waals surface area contributed by atoms with Gasteiger partial charge in [-0.15, -0.1) is 0 Å². The zero-order valence-corrected chi connectivity index (χ0v) is 8.39. The fourth-order valence-corrected chi connectivity index (χ4v) is 1.81. The van der Waals surface area contributed by atoms with Crippen molar-refractivity contribution in [3.05, 3.63) is 34.6 Å². The van der Waals surface area contributed by atoms with Crippen molar-refractivity contribution in [2.75, 3.05) is 0 Å². The number of hydrogen-bond donors (Lipinski definition) is 0. The second-order valence-corrected chi connectivity index (χ2v) is 4.12. The highest BCUT2D eigenvalue weighted by molar-refractivity contribution is 5.43. The minimum Gasteiger partial charge on any atom is -0.206 e. The Kier molecular flexibility index (Phi) is 1.85. The van der Waals surface area contributed by atoms with E-state index >= 15 is 0 Å². The van der Waals surface area contributed by atoms with Crippen LogP contribution in [0.1, 0.15) is 29.5 Å². The summed E-state index contributed by atoms with van der Waals surface area (Å²) in [4.78, 5) is 0. The average Bonchev–Trinajstić information content (AvgIpc) is 2.94. The Bertz CT molecular complexity index is 401. The fraction of sp³-hybridized carbons (Fsp3) is 0.417. The van der Waals surface area contributed by atoms with Gasteiger partial charge in [-0.05, 0) is 43.4 Å². The third-order valence-corrected chi connectivity index (χ3v) is 2.95. The summed E-state index contributed by atoms with van der Waals surface area (Å²) in [5.74, 6) is -0.150. The van der Waals surface area contributed by atoms with Crippen LogP contribution < -0.4 is 0 Å². The normalized spacial score (nSPS) is 17.6. The van der Waals surface area contributed by atoms with E-state index in [1.807, 2.05) is 0 Å². The summed E-state index contributed by atoms with van der Waals surface area (Å²) in [5.41, 5.74) is 1.96. The maximum atomic E-state index is 13.3. The van der Waals surface area contributed by atoms with Gasteiger partial charge in [0.2, 0.25) is 0 Å². The van der Waals surface area contributed by atoms with Gasteiger partial charge in [0, 0.05) is 0 Å². The van der Waals surface area contributed by atoms with E-state index in [1.54, 1.807) is 26.0 Å². The molecule has 2 heteroatoms. The molecule has 2 rings (SSSR count). The van der Waals surface area contributed by atoms with Crippen LogP contribution in [0.5, 0.6) is 0 Å². The topological polar surface area (TPSA) is 23.8 Å². The molecule has 0 spiro atoms. The Hall–Kier alpha value is -1.36. The lowest BCUT2D eigenvalue weighted by atomic mass is 9.94. The van der Waals surface area contributed by atoms with Gasteiger partial charge in [-0.2, -0.15) is 5.26 Å². The third-order valence-electron chi connectivity index (χ3n) is 2.95. The van der Waals surface area contributed by atoms with E-state index in [2.05, 4.69) is 6.07 Å². The number of nitrogens with zero attached hydrogens (tertiary/aromatic N) is 1. The SMILES string of the molecule is Cc1cc(C2(C#N)CC2)cc(C)c1F. The standard InChI is InChI=1S/C12H12FN/c1-8-5-10(6-9(2)11(8)13)12(7-14)3-4-12/h5-6H,3-4H2,1-2H3. The van der Waals surface area contributed by atoms with Crippen LogP contribution >= 0.6 is 0 Å². The maximum absolute atomic E-state index is 13.3. The van der Waals surface area contributed by atoms with Crippen LogP contribution in [0.3, 0.4) is 0 Å². The van der Waals surface area contributed by atoms with Gasteiger partial charge >= 0.3 is 0 Å². The highest BCUT2D eigenvalue weighted by Gasteiger charge is 2.45. The zero-order chi connectivity index (χ0) is 10.3. The van der Waals surface area contributed by atoms with Crippen LogP contribution in [0.2, 0.25) is 0 Å². The van der Waals surface area contributed by atoms with Crippen molar-refractivity contribution in [2.24, 2.45) is 0 Å². The molecule has 1 aromatic rings. The first kappa shape index (κ1) is 9.21. The molecular weight excluding hydrogens is 177 g/mol. The highest BCUT2D eigenvalue weighted by atomic mass is 19.1. The number of rotatable bonds is 1. The molecule has 1 aromatic carbocycles. The van der Waals surface area contributed by atoms with Crippen LogP contribution in [0.4, 0.5) is 4.39 Å². The fourth-order valence-electron chi connectivity index (χ4n) is 1.81. The number of halogens is 1. The van der Waals surface area contributed by atoms with E-state index in [-0.39, 0.29) is 11.2 Å². The van der Waals surface area contributed by atoms with Crippen LogP contribution in [0.15, 0.2) is 12.1 Å². The van der Waals surface area contributed by atoms with Crippen molar-refractivity contribution in [2.45, 2.75) is 32.1 Å². The molecule has 0 amide bonds.